The van der Waals surface area contributed by atoms with Crippen LogP contribution in [0.5, 0.6) is 0 Å². The minimum Gasteiger partial charge on any atom is -0.325 e. The van der Waals surface area contributed by atoms with Crippen molar-refractivity contribution < 1.29 is 16.8 Å². The van der Waals surface area contributed by atoms with Crippen LogP contribution in [0.15, 0.2) is 47.2 Å². The normalized spacial score (nSPS) is 17.0. The van der Waals surface area contributed by atoms with Crippen molar-refractivity contribution in [2.45, 2.75) is 17.3 Å². The summed E-state index contributed by atoms with van der Waals surface area (Å²) in [6, 6.07) is 7.44. The smallest absolute Gasteiger partial charge is 0.236 e. The van der Waals surface area contributed by atoms with Crippen LogP contribution in [-0.2, 0) is 26.9 Å². The maximum Gasteiger partial charge on any atom is 0.236 e. The van der Waals surface area contributed by atoms with Crippen LogP contribution in [0.3, 0.4) is 0 Å². The van der Waals surface area contributed by atoms with Crippen molar-refractivity contribution in [3.05, 3.63) is 53.2 Å². The molecule has 0 atom stereocenters. The molecule has 3 rings (SSSR count). The fourth-order valence-corrected chi connectivity index (χ4v) is 5.69. The molecule has 1 aromatic carbocycles. The van der Waals surface area contributed by atoms with Crippen LogP contribution >= 0.6 is 0 Å². The minimum absolute atomic E-state index is 0.0373. The van der Waals surface area contributed by atoms with Gasteiger partial charge in [-0.1, -0.05) is 29.8 Å². The molecule has 2 heterocycles. The Morgan fingerprint density at radius 2 is 1.76 bits per heavy atom. The van der Waals surface area contributed by atoms with Crippen molar-refractivity contribution >= 4 is 25.9 Å². The Labute approximate surface area is 147 Å². The lowest BCUT2D eigenvalue weighted by molar-refractivity contribution is 0.312. The highest BCUT2D eigenvalue weighted by Gasteiger charge is 2.44. The number of aryl methyl sites for hydroxylation is 2. The van der Waals surface area contributed by atoms with Gasteiger partial charge in [0.15, 0.2) is 0 Å². The van der Waals surface area contributed by atoms with Crippen LogP contribution in [0.2, 0.25) is 0 Å². The number of sulfonamides is 1. The SMILES string of the molecule is Cc1ccc(C=CS(=O)(=O)N2CC(S(=O)(=O)c3nccn3C)C2)cc1. The Morgan fingerprint density at radius 3 is 2.32 bits per heavy atom. The molecule has 1 aliphatic heterocycles. The van der Waals surface area contributed by atoms with Crippen LogP contribution in [0.1, 0.15) is 11.1 Å². The van der Waals surface area contributed by atoms with Gasteiger partial charge in [-0.15, -0.1) is 0 Å². The molecule has 1 aromatic heterocycles. The molecule has 0 radical (unpaired) electrons. The van der Waals surface area contributed by atoms with E-state index in [1.54, 1.807) is 13.2 Å². The van der Waals surface area contributed by atoms with Crippen molar-refractivity contribution in [2.24, 2.45) is 7.05 Å². The largest absolute Gasteiger partial charge is 0.325 e. The van der Waals surface area contributed by atoms with Crippen molar-refractivity contribution in [3.63, 3.8) is 0 Å². The van der Waals surface area contributed by atoms with E-state index in [-0.39, 0.29) is 18.2 Å². The van der Waals surface area contributed by atoms with Gasteiger partial charge in [-0.25, -0.2) is 21.8 Å². The molecule has 0 aliphatic carbocycles. The predicted molar refractivity (Wildman–Crippen MR) is 94.9 cm³/mol. The van der Waals surface area contributed by atoms with Crippen molar-refractivity contribution in [2.75, 3.05) is 13.1 Å². The van der Waals surface area contributed by atoms with E-state index >= 15 is 0 Å². The first-order valence-electron chi connectivity index (χ1n) is 7.66. The van der Waals surface area contributed by atoms with Gasteiger partial charge >= 0.3 is 0 Å². The summed E-state index contributed by atoms with van der Waals surface area (Å²) in [5.74, 6) is 0. The molecule has 2 aromatic rings. The fraction of sp³-hybridized carbons (Fsp3) is 0.312. The van der Waals surface area contributed by atoms with E-state index in [0.717, 1.165) is 20.8 Å². The number of hydrogen-bond acceptors (Lipinski definition) is 5. The summed E-state index contributed by atoms with van der Waals surface area (Å²) < 4.78 is 52.1. The van der Waals surface area contributed by atoms with Gasteiger partial charge in [0.25, 0.3) is 0 Å². The summed E-state index contributed by atoms with van der Waals surface area (Å²) in [6.45, 7) is 1.83. The van der Waals surface area contributed by atoms with Gasteiger partial charge in [-0.3, -0.25) is 0 Å². The third-order valence-electron chi connectivity index (χ3n) is 4.15. The lowest BCUT2D eigenvalue weighted by Gasteiger charge is -2.36. The average molecular weight is 381 g/mol. The minimum atomic E-state index is -3.64. The molecule has 9 heteroatoms. The van der Waals surface area contributed by atoms with E-state index in [0.29, 0.717) is 0 Å². The number of nitrogens with zero attached hydrogens (tertiary/aromatic N) is 3. The van der Waals surface area contributed by atoms with E-state index in [4.69, 9.17) is 0 Å². The second-order valence-electron chi connectivity index (χ2n) is 6.06. The molecule has 25 heavy (non-hydrogen) atoms. The molecular formula is C16H19N3O4S2. The van der Waals surface area contributed by atoms with Crippen LogP contribution < -0.4 is 0 Å². The zero-order valence-corrected chi connectivity index (χ0v) is 15.5. The second-order valence-corrected chi connectivity index (χ2v) is 10.0. The van der Waals surface area contributed by atoms with E-state index < -0.39 is 25.1 Å². The third kappa shape index (κ3) is 3.53. The third-order valence-corrected chi connectivity index (χ3v) is 7.73. The van der Waals surface area contributed by atoms with Gasteiger partial charge in [0.05, 0.1) is 5.25 Å². The summed E-state index contributed by atoms with van der Waals surface area (Å²) in [6.07, 6.45) is 4.46. The zero-order chi connectivity index (χ0) is 18.2. The predicted octanol–water partition coefficient (Wildman–Crippen LogP) is 1.19. The maximum absolute atomic E-state index is 12.5. The van der Waals surface area contributed by atoms with E-state index in [2.05, 4.69) is 4.98 Å². The lowest BCUT2D eigenvalue weighted by atomic mass is 10.2. The molecule has 0 spiro atoms. The average Bonchev–Trinajstić information content (AvgIpc) is 2.91. The summed E-state index contributed by atoms with van der Waals surface area (Å²) in [7, 11) is -5.68. The topological polar surface area (TPSA) is 89.3 Å². The zero-order valence-electron chi connectivity index (χ0n) is 13.9. The van der Waals surface area contributed by atoms with Crippen molar-refractivity contribution in [1.82, 2.24) is 13.9 Å². The van der Waals surface area contributed by atoms with Crippen molar-refractivity contribution in [1.29, 1.82) is 0 Å². The van der Waals surface area contributed by atoms with Gasteiger partial charge in [0, 0.05) is 37.9 Å². The molecule has 1 aliphatic rings. The quantitative estimate of drug-likeness (QED) is 0.776. The number of aromatic nitrogens is 2. The van der Waals surface area contributed by atoms with Gasteiger partial charge in [-0.05, 0) is 18.6 Å². The Bertz CT molecular complexity index is 1000. The van der Waals surface area contributed by atoms with Gasteiger partial charge in [0.2, 0.25) is 25.0 Å². The molecule has 0 amide bonds. The van der Waals surface area contributed by atoms with Crippen LogP contribution in [0.25, 0.3) is 6.08 Å². The number of hydrogen-bond donors (Lipinski definition) is 0. The van der Waals surface area contributed by atoms with Crippen molar-refractivity contribution in [3.8, 4) is 0 Å². The summed E-state index contributed by atoms with van der Waals surface area (Å²) >= 11 is 0. The highest BCUT2D eigenvalue weighted by Crippen LogP contribution is 2.25. The molecular weight excluding hydrogens is 362 g/mol. The highest BCUT2D eigenvalue weighted by molar-refractivity contribution is 7.93. The van der Waals surface area contributed by atoms with Gasteiger partial charge < -0.3 is 4.57 Å². The summed E-state index contributed by atoms with van der Waals surface area (Å²) in [5, 5.41) is 0.308. The molecule has 1 saturated heterocycles. The standard InChI is InChI=1S/C16H19N3O4S2/c1-13-3-5-14(6-4-13)7-10-24(20,21)19-11-15(12-19)25(22,23)16-17-8-9-18(16)2/h3-10,15H,11-12H2,1-2H3. The van der Waals surface area contributed by atoms with Gasteiger partial charge in [-0.2, -0.15) is 4.31 Å². The van der Waals surface area contributed by atoms with Crippen LogP contribution in [0, 0.1) is 6.92 Å². The Kier molecular flexibility index (Phi) is 4.56. The summed E-state index contributed by atoms with van der Waals surface area (Å²) in [5.41, 5.74) is 1.86. The lowest BCUT2D eigenvalue weighted by Crippen LogP contribution is -2.56. The molecule has 0 unspecified atom stereocenters. The number of rotatable bonds is 5. The number of benzene rings is 1. The van der Waals surface area contributed by atoms with Gasteiger partial charge in [0.1, 0.15) is 0 Å². The molecule has 0 saturated carbocycles. The molecule has 134 valence electrons. The monoisotopic (exact) mass is 381 g/mol. The maximum atomic E-state index is 12.5. The van der Waals surface area contributed by atoms with E-state index in [9.17, 15) is 16.8 Å². The Morgan fingerprint density at radius 1 is 1.12 bits per heavy atom. The Hall–Kier alpha value is -1.97. The van der Waals surface area contributed by atoms with Crippen LogP contribution in [-0.4, -0.2) is 49.0 Å². The first-order chi connectivity index (χ1) is 11.7. The molecule has 1 fully saturated rings. The number of sulfone groups is 1. The summed E-state index contributed by atoms with van der Waals surface area (Å²) in [4.78, 5) is 3.85. The van der Waals surface area contributed by atoms with E-state index in [1.807, 2.05) is 31.2 Å². The van der Waals surface area contributed by atoms with E-state index in [1.165, 1.54) is 16.8 Å². The van der Waals surface area contributed by atoms with Crippen LogP contribution in [0.4, 0.5) is 0 Å². The fourth-order valence-electron chi connectivity index (χ4n) is 2.51. The molecule has 7 nitrogen and oxygen atoms in total. The first-order valence-corrected chi connectivity index (χ1v) is 10.7. The molecule has 0 bridgehead atoms. The highest BCUT2D eigenvalue weighted by atomic mass is 32.2. The first kappa shape index (κ1) is 17.8. The molecule has 0 N–H and O–H groups in total. The Balaban J connectivity index is 1.69. The second kappa shape index (κ2) is 6.40. The number of imidazole rings is 1.